The first kappa shape index (κ1) is 11.6. The molecule has 5 nitrogen and oxygen atoms in total. The molecule has 0 radical (unpaired) electrons. The predicted octanol–water partition coefficient (Wildman–Crippen LogP) is 1.37. The van der Waals surface area contributed by atoms with Crippen molar-refractivity contribution < 1.29 is 5.11 Å². The van der Waals surface area contributed by atoms with E-state index in [1.807, 2.05) is 36.7 Å². The number of aromatic nitrogens is 3. The molecule has 5 heteroatoms. The number of phenolic OH excluding ortho intramolecular Hbond substituents is 1. The Morgan fingerprint density at radius 3 is 2.82 bits per heavy atom. The van der Waals surface area contributed by atoms with Crippen molar-refractivity contribution in [2.24, 2.45) is 7.05 Å². The third-order valence-electron chi connectivity index (χ3n) is 2.72. The van der Waals surface area contributed by atoms with Crippen molar-refractivity contribution in [3.05, 3.63) is 42.0 Å². The molecule has 1 atom stereocenters. The fraction of sp³-hybridized carbons (Fsp3) is 0.333. The second-order valence-corrected chi connectivity index (χ2v) is 4.03. The minimum absolute atomic E-state index is 0.0853. The molecule has 0 spiro atoms. The summed E-state index contributed by atoms with van der Waals surface area (Å²) < 4.78 is 1.88. The van der Waals surface area contributed by atoms with Crippen LogP contribution < -0.4 is 5.32 Å². The van der Waals surface area contributed by atoms with Crippen molar-refractivity contribution in [3.8, 4) is 5.75 Å². The van der Waals surface area contributed by atoms with Gasteiger partial charge in [-0.15, -0.1) is 10.2 Å². The van der Waals surface area contributed by atoms with Gasteiger partial charge in [0, 0.05) is 19.2 Å². The lowest BCUT2D eigenvalue weighted by molar-refractivity contribution is 0.457. The lowest BCUT2D eigenvalue weighted by atomic mass is 10.2. The number of hydrogen-bond acceptors (Lipinski definition) is 4. The van der Waals surface area contributed by atoms with E-state index >= 15 is 0 Å². The molecule has 1 unspecified atom stereocenters. The molecule has 2 aromatic rings. The van der Waals surface area contributed by atoms with Crippen LogP contribution in [0.4, 0.5) is 0 Å². The summed E-state index contributed by atoms with van der Waals surface area (Å²) in [5.74, 6) is 1.19. The average molecular weight is 232 g/mol. The number of aryl methyl sites for hydroxylation is 1. The van der Waals surface area contributed by atoms with Crippen LogP contribution in [0.15, 0.2) is 30.6 Å². The van der Waals surface area contributed by atoms with E-state index in [0.717, 1.165) is 11.4 Å². The van der Waals surface area contributed by atoms with Crippen LogP contribution >= 0.6 is 0 Å². The molecule has 0 aliphatic carbocycles. The molecule has 2 rings (SSSR count). The fourth-order valence-corrected chi connectivity index (χ4v) is 1.70. The van der Waals surface area contributed by atoms with Gasteiger partial charge >= 0.3 is 0 Å². The Morgan fingerprint density at radius 1 is 1.41 bits per heavy atom. The first-order valence-electron chi connectivity index (χ1n) is 5.52. The molecule has 1 aromatic heterocycles. The number of phenols is 1. The summed E-state index contributed by atoms with van der Waals surface area (Å²) in [5, 5.41) is 20.8. The Labute approximate surface area is 100 Å². The highest BCUT2D eigenvalue weighted by molar-refractivity contribution is 5.31. The molecule has 2 N–H and O–H groups in total. The highest BCUT2D eigenvalue weighted by Crippen LogP contribution is 2.16. The monoisotopic (exact) mass is 232 g/mol. The summed E-state index contributed by atoms with van der Waals surface area (Å²) in [7, 11) is 1.91. The number of para-hydroxylation sites is 1. The quantitative estimate of drug-likeness (QED) is 0.835. The standard InChI is InChI=1S/C12H16N4O/c1-9(12-15-14-8-16(12)2)13-7-10-5-3-4-6-11(10)17/h3-6,8-9,13,17H,7H2,1-2H3. The maximum Gasteiger partial charge on any atom is 0.149 e. The minimum atomic E-state index is 0.0853. The zero-order valence-electron chi connectivity index (χ0n) is 9.96. The van der Waals surface area contributed by atoms with Gasteiger partial charge in [0.05, 0.1) is 6.04 Å². The van der Waals surface area contributed by atoms with E-state index in [-0.39, 0.29) is 6.04 Å². The van der Waals surface area contributed by atoms with Gasteiger partial charge in [0.2, 0.25) is 0 Å². The van der Waals surface area contributed by atoms with Gasteiger partial charge in [-0.25, -0.2) is 0 Å². The number of nitrogens with one attached hydrogen (secondary N) is 1. The molecule has 1 heterocycles. The Kier molecular flexibility index (Phi) is 3.39. The maximum absolute atomic E-state index is 9.64. The first-order valence-corrected chi connectivity index (χ1v) is 5.52. The van der Waals surface area contributed by atoms with E-state index in [0.29, 0.717) is 12.3 Å². The SMILES string of the molecule is CC(NCc1ccccc1O)c1nncn1C. The zero-order valence-corrected chi connectivity index (χ0v) is 9.96. The van der Waals surface area contributed by atoms with E-state index in [9.17, 15) is 5.11 Å². The molecule has 1 aromatic carbocycles. The van der Waals surface area contributed by atoms with Gasteiger partial charge in [0.15, 0.2) is 0 Å². The molecule has 0 saturated heterocycles. The average Bonchev–Trinajstić information content (AvgIpc) is 2.74. The van der Waals surface area contributed by atoms with E-state index in [1.165, 1.54) is 0 Å². The largest absolute Gasteiger partial charge is 0.508 e. The summed E-state index contributed by atoms with van der Waals surface area (Å²) in [4.78, 5) is 0. The summed E-state index contributed by atoms with van der Waals surface area (Å²) in [6, 6.07) is 7.38. The second-order valence-electron chi connectivity index (χ2n) is 4.03. The van der Waals surface area contributed by atoms with Crippen molar-refractivity contribution in [2.45, 2.75) is 19.5 Å². The molecule has 0 aliphatic heterocycles. The summed E-state index contributed by atoms with van der Waals surface area (Å²) in [5.41, 5.74) is 0.876. The third-order valence-corrected chi connectivity index (χ3v) is 2.72. The highest BCUT2D eigenvalue weighted by atomic mass is 16.3. The smallest absolute Gasteiger partial charge is 0.149 e. The van der Waals surface area contributed by atoms with Crippen molar-refractivity contribution in [2.75, 3.05) is 0 Å². The van der Waals surface area contributed by atoms with E-state index < -0.39 is 0 Å². The molecule has 0 fully saturated rings. The number of benzene rings is 1. The Morgan fingerprint density at radius 2 is 2.18 bits per heavy atom. The second kappa shape index (κ2) is 4.97. The molecular weight excluding hydrogens is 216 g/mol. The van der Waals surface area contributed by atoms with Crippen LogP contribution in [0.25, 0.3) is 0 Å². The van der Waals surface area contributed by atoms with Crippen LogP contribution in [0.3, 0.4) is 0 Å². The minimum Gasteiger partial charge on any atom is -0.508 e. The molecule has 0 amide bonds. The molecule has 0 bridgehead atoms. The molecule has 90 valence electrons. The van der Waals surface area contributed by atoms with Crippen LogP contribution in [-0.2, 0) is 13.6 Å². The molecule has 0 aliphatic rings. The maximum atomic E-state index is 9.64. The Balaban J connectivity index is 2.00. The van der Waals surface area contributed by atoms with Crippen molar-refractivity contribution in [3.63, 3.8) is 0 Å². The highest BCUT2D eigenvalue weighted by Gasteiger charge is 2.11. The number of aromatic hydroxyl groups is 1. The van der Waals surface area contributed by atoms with Gasteiger partial charge < -0.3 is 15.0 Å². The van der Waals surface area contributed by atoms with Gasteiger partial charge in [-0.3, -0.25) is 0 Å². The lowest BCUT2D eigenvalue weighted by Gasteiger charge is -2.13. The normalized spacial score (nSPS) is 12.6. The van der Waals surface area contributed by atoms with E-state index in [2.05, 4.69) is 15.5 Å². The summed E-state index contributed by atoms with van der Waals surface area (Å²) in [6.07, 6.45) is 1.67. The summed E-state index contributed by atoms with van der Waals surface area (Å²) >= 11 is 0. The van der Waals surface area contributed by atoms with Crippen molar-refractivity contribution >= 4 is 0 Å². The van der Waals surface area contributed by atoms with Crippen molar-refractivity contribution in [1.29, 1.82) is 0 Å². The zero-order chi connectivity index (χ0) is 12.3. The van der Waals surface area contributed by atoms with Gasteiger partial charge in [-0.1, -0.05) is 18.2 Å². The topological polar surface area (TPSA) is 63.0 Å². The predicted molar refractivity (Wildman–Crippen MR) is 64.4 cm³/mol. The fourth-order valence-electron chi connectivity index (χ4n) is 1.70. The third kappa shape index (κ3) is 2.62. The number of nitrogens with zero attached hydrogens (tertiary/aromatic N) is 3. The molecule has 0 saturated carbocycles. The van der Waals surface area contributed by atoms with Crippen LogP contribution in [0.5, 0.6) is 5.75 Å². The van der Waals surface area contributed by atoms with Crippen LogP contribution in [0.2, 0.25) is 0 Å². The molecule has 17 heavy (non-hydrogen) atoms. The van der Waals surface area contributed by atoms with Gasteiger partial charge in [-0.05, 0) is 13.0 Å². The molecular formula is C12H16N4O. The van der Waals surface area contributed by atoms with E-state index in [4.69, 9.17) is 0 Å². The van der Waals surface area contributed by atoms with Crippen LogP contribution in [0, 0.1) is 0 Å². The van der Waals surface area contributed by atoms with Crippen LogP contribution in [0.1, 0.15) is 24.4 Å². The lowest BCUT2D eigenvalue weighted by Crippen LogP contribution is -2.21. The Bertz CT molecular complexity index is 495. The number of rotatable bonds is 4. The summed E-state index contributed by atoms with van der Waals surface area (Å²) in [6.45, 7) is 2.62. The van der Waals surface area contributed by atoms with Gasteiger partial charge in [-0.2, -0.15) is 0 Å². The van der Waals surface area contributed by atoms with E-state index in [1.54, 1.807) is 12.4 Å². The van der Waals surface area contributed by atoms with Crippen molar-refractivity contribution in [1.82, 2.24) is 20.1 Å². The van der Waals surface area contributed by atoms with Gasteiger partial charge in [0.25, 0.3) is 0 Å². The first-order chi connectivity index (χ1) is 8.18. The Hall–Kier alpha value is -1.88. The van der Waals surface area contributed by atoms with Gasteiger partial charge in [0.1, 0.15) is 17.9 Å². The number of hydrogen-bond donors (Lipinski definition) is 2. The van der Waals surface area contributed by atoms with Crippen LogP contribution in [-0.4, -0.2) is 19.9 Å².